The molecule has 0 aliphatic heterocycles. The average molecular weight is 307 g/mol. The molecule has 0 aliphatic carbocycles. The number of nitrogens with two attached hydrogens (primary N) is 1. The van der Waals surface area contributed by atoms with Crippen molar-refractivity contribution in [2.24, 2.45) is 5.73 Å². The number of hydrogen-bond acceptors (Lipinski definition) is 4. The van der Waals surface area contributed by atoms with E-state index in [-0.39, 0.29) is 11.7 Å². The van der Waals surface area contributed by atoms with Crippen molar-refractivity contribution in [2.45, 2.75) is 19.6 Å². The summed E-state index contributed by atoms with van der Waals surface area (Å²) in [5.41, 5.74) is 7.61. The van der Waals surface area contributed by atoms with Crippen molar-refractivity contribution in [1.82, 2.24) is 0 Å². The third-order valence-electron chi connectivity index (χ3n) is 3.00. The molecule has 0 aliphatic rings. The summed E-state index contributed by atoms with van der Waals surface area (Å²) in [4.78, 5) is 10.2. The van der Waals surface area contributed by atoms with Gasteiger partial charge in [-0.1, -0.05) is 11.6 Å². The largest absolute Gasteiger partial charge is 0.489 e. The molecule has 0 amide bonds. The Kier molecular flexibility index (Phi) is 4.77. The molecule has 2 N–H and O–H groups in total. The minimum atomic E-state index is -0.433. The van der Waals surface area contributed by atoms with Crippen LogP contribution in [0, 0.1) is 10.1 Å². The highest BCUT2D eigenvalue weighted by atomic mass is 35.5. The highest BCUT2D eigenvalue weighted by Crippen LogP contribution is 2.28. The highest BCUT2D eigenvalue weighted by Gasteiger charge is 2.10. The van der Waals surface area contributed by atoms with E-state index in [2.05, 4.69) is 0 Å². The Labute approximate surface area is 127 Å². The third kappa shape index (κ3) is 3.93. The molecule has 110 valence electrons. The molecule has 0 unspecified atom stereocenters. The second kappa shape index (κ2) is 6.56. The van der Waals surface area contributed by atoms with Gasteiger partial charge in [-0.05, 0) is 42.8 Å². The van der Waals surface area contributed by atoms with Crippen LogP contribution in [0.1, 0.15) is 24.1 Å². The summed E-state index contributed by atoms with van der Waals surface area (Å²) in [5, 5.41) is 11.2. The van der Waals surface area contributed by atoms with Crippen molar-refractivity contribution >= 4 is 17.3 Å². The number of nitrogens with zero attached hydrogens (tertiary/aromatic N) is 1. The maximum Gasteiger partial charge on any atom is 0.269 e. The number of benzene rings is 2. The molecule has 6 heteroatoms. The number of halogens is 1. The van der Waals surface area contributed by atoms with Crippen molar-refractivity contribution in [3.8, 4) is 5.75 Å². The Balaban J connectivity index is 2.11. The van der Waals surface area contributed by atoms with Gasteiger partial charge in [0.15, 0.2) is 0 Å². The first-order valence-corrected chi connectivity index (χ1v) is 6.76. The molecule has 0 heterocycles. The monoisotopic (exact) mass is 306 g/mol. The molecule has 0 spiro atoms. The fraction of sp³-hybridized carbons (Fsp3) is 0.200. The summed E-state index contributed by atoms with van der Waals surface area (Å²) < 4.78 is 5.73. The second-order valence-electron chi connectivity index (χ2n) is 4.68. The van der Waals surface area contributed by atoms with E-state index in [1.165, 1.54) is 12.1 Å². The quantitative estimate of drug-likeness (QED) is 0.672. The molecule has 5 nitrogen and oxygen atoms in total. The average Bonchev–Trinajstić information content (AvgIpc) is 2.46. The Morgan fingerprint density at radius 1 is 1.29 bits per heavy atom. The molecule has 0 fully saturated rings. The number of nitro benzene ring substituents is 1. The number of ether oxygens (including phenoxy) is 1. The molecule has 0 aromatic heterocycles. The first-order chi connectivity index (χ1) is 9.97. The third-order valence-corrected chi connectivity index (χ3v) is 3.24. The van der Waals surface area contributed by atoms with E-state index in [4.69, 9.17) is 22.1 Å². The molecular weight excluding hydrogens is 292 g/mol. The Morgan fingerprint density at radius 2 is 1.95 bits per heavy atom. The topological polar surface area (TPSA) is 78.4 Å². The van der Waals surface area contributed by atoms with E-state index >= 15 is 0 Å². The van der Waals surface area contributed by atoms with Gasteiger partial charge in [0, 0.05) is 28.8 Å². The molecule has 2 aromatic carbocycles. The summed E-state index contributed by atoms with van der Waals surface area (Å²) in [6.07, 6.45) is 0. The zero-order valence-electron chi connectivity index (χ0n) is 11.5. The summed E-state index contributed by atoms with van der Waals surface area (Å²) in [6.45, 7) is 2.16. The molecule has 0 saturated heterocycles. The van der Waals surface area contributed by atoms with Gasteiger partial charge in [-0.15, -0.1) is 0 Å². The first kappa shape index (κ1) is 15.3. The summed E-state index contributed by atoms with van der Waals surface area (Å²) in [6, 6.07) is 11.3. The van der Waals surface area contributed by atoms with Gasteiger partial charge in [0.2, 0.25) is 0 Å². The highest BCUT2D eigenvalue weighted by molar-refractivity contribution is 6.30. The fourth-order valence-electron chi connectivity index (χ4n) is 1.88. The van der Waals surface area contributed by atoms with Crippen molar-refractivity contribution in [1.29, 1.82) is 0 Å². The lowest BCUT2D eigenvalue weighted by Crippen LogP contribution is -2.08. The van der Waals surface area contributed by atoms with E-state index in [0.29, 0.717) is 17.4 Å². The maximum absolute atomic E-state index is 10.6. The molecule has 2 rings (SSSR count). The van der Waals surface area contributed by atoms with Crippen LogP contribution in [0.2, 0.25) is 5.02 Å². The Morgan fingerprint density at radius 3 is 2.52 bits per heavy atom. The SMILES string of the molecule is C[C@@H](N)c1cc(Cl)ccc1OCc1ccc([N+](=O)[O-])cc1. The van der Waals surface area contributed by atoms with Crippen LogP contribution >= 0.6 is 11.6 Å². The van der Waals surface area contributed by atoms with Crippen LogP contribution in [0.25, 0.3) is 0 Å². The van der Waals surface area contributed by atoms with Crippen LogP contribution in [0.3, 0.4) is 0 Å². The predicted octanol–water partition coefficient (Wildman–Crippen LogP) is 3.85. The van der Waals surface area contributed by atoms with Crippen molar-refractivity contribution in [3.63, 3.8) is 0 Å². The number of non-ortho nitro benzene ring substituents is 1. The predicted molar refractivity (Wildman–Crippen MR) is 81.5 cm³/mol. The number of nitro groups is 1. The van der Waals surface area contributed by atoms with Crippen molar-refractivity contribution in [2.75, 3.05) is 0 Å². The molecule has 21 heavy (non-hydrogen) atoms. The van der Waals surface area contributed by atoms with Gasteiger partial charge in [0.1, 0.15) is 12.4 Å². The number of hydrogen-bond donors (Lipinski definition) is 1. The molecule has 1 atom stereocenters. The van der Waals surface area contributed by atoms with E-state index in [9.17, 15) is 10.1 Å². The van der Waals surface area contributed by atoms with Gasteiger partial charge < -0.3 is 10.5 Å². The lowest BCUT2D eigenvalue weighted by Gasteiger charge is -2.14. The van der Waals surface area contributed by atoms with Crippen LogP contribution < -0.4 is 10.5 Å². The standard InChI is InChI=1S/C15H15ClN2O3/c1-10(17)14-8-12(16)4-7-15(14)21-9-11-2-5-13(6-3-11)18(19)20/h2-8,10H,9,17H2,1H3/t10-/m1/s1. The van der Waals surface area contributed by atoms with Gasteiger partial charge in [0.05, 0.1) is 4.92 Å². The first-order valence-electron chi connectivity index (χ1n) is 6.38. The van der Waals surface area contributed by atoms with Crippen molar-refractivity contribution < 1.29 is 9.66 Å². The molecule has 0 radical (unpaired) electrons. The second-order valence-corrected chi connectivity index (χ2v) is 5.12. The summed E-state index contributed by atoms with van der Waals surface area (Å²) in [5.74, 6) is 0.660. The van der Waals surface area contributed by atoms with Gasteiger partial charge in [-0.2, -0.15) is 0 Å². The van der Waals surface area contributed by atoms with Crippen LogP contribution in [0.5, 0.6) is 5.75 Å². The summed E-state index contributed by atoms with van der Waals surface area (Å²) in [7, 11) is 0. The van der Waals surface area contributed by atoms with Crippen molar-refractivity contribution in [3.05, 3.63) is 68.7 Å². The van der Waals surface area contributed by atoms with Crippen LogP contribution in [0.4, 0.5) is 5.69 Å². The lowest BCUT2D eigenvalue weighted by molar-refractivity contribution is -0.384. The smallest absolute Gasteiger partial charge is 0.269 e. The van der Waals surface area contributed by atoms with E-state index in [1.54, 1.807) is 30.3 Å². The van der Waals surface area contributed by atoms with Gasteiger partial charge in [-0.25, -0.2) is 0 Å². The fourth-order valence-corrected chi connectivity index (χ4v) is 2.06. The zero-order chi connectivity index (χ0) is 15.4. The Bertz CT molecular complexity index is 642. The molecular formula is C15H15ClN2O3. The minimum absolute atomic E-state index is 0.0570. The lowest BCUT2D eigenvalue weighted by atomic mass is 10.1. The molecule has 0 bridgehead atoms. The number of rotatable bonds is 5. The van der Waals surface area contributed by atoms with Gasteiger partial charge in [0.25, 0.3) is 5.69 Å². The normalized spacial score (nSPS) is 12.0. The Hall–Kier alpha value is -2.11. The minimum Gasteiger partial charge on any atom is -0.489 e. The van der Waals surface area contributed by atoms with Gasteiger partial charge >= 0.3 is 0 Å². The maximum atomic E-state index is 10.6. The zero-order valence-corrected chi connectivity index (χ0v) is 12.2. The van der Waals surface area contributed by atoms with Crippen LogP contribution in [-0.2, 0) is 6.61 Å². The van der Waals surface area contributed by atoms with E-state index < -0.39 is 4.92 Å². The van der Waals surface area contributed by atoms with Gasteiger partial charge in [-0.3, -0.25) is 10.1 Å². The van der Waals surface area contributed by atoms with E-state index in [1.807, 2.05) is 6.92 Å². The van der Waals surface area contributed by atoms with Crippen LogP contribution in [-0.4, -0.2) is 4.92 Å². The summed E-state index contributed by atoms with van der Waals surface area (Å²) >= 11 is 5.95. The molecule has 2 aromatic rings. The van der Waals surface area contributed by atoms with E-state index in [0.717, 1.165) is 11.1 Å². The molecule has 0 saturated carbocycles. The van der Waals surface area contributed by atoms with Crippen LogP contribution in [0.15, 0.2) is 42.5 Å².